The first-order valence-electron chi connectivity index (χ1n) is 10.8. The molecule has 0 aliphatic heterocycles. The topological polar surface area (TPSA) is 127 Å². The van der Waals surface area contributed by atoms with Crippen LogP contribution in [0.4, 0.5) is 10.5 Å². The van der Waals surface area contributed by atoms with Gasteiger partial charge >= 0.3 is 12.0 Å². The number of hydrogen-bond acceptors (Lipinski definition) is 6. The molecule has 10 heteroatoms. The molecular formula is C24H29N2O6S2-. The van der Waals surface area contributed by atoms with Crippen LogP contribution in [0.5, 0.6) is 0 Å². The van der Waals surface area contributed by atoms with Crippen molar-refractivity contribution in [3.8, 4) is 0 Å². The number of anilines is 1. The van der Waals surface area contributed by atoms with E-state index in [4.69, 9.17) is 0 Å². The van der Waals surface area contributed by atoms with Gasteiger partial charge in [0.2, 0.25) is 5.91 Å². The highest BCUT2D eigenvalue weighted by molar-refractivity contribution is 7.81. The Labute approximate surface area is 207 Å². The van der Waals surface area contributed by atoms with Gasteiger partial charge in [-0.3, -0.25) is 9.00 Å². The molecule has 184 valence electrons. The van der Waals surface area contributed by atoms with Crippen LogP contribution in [0.2, 0.25) is 0 Å². The number of rotatable bonds is 10. The number of aliphatic carboxylic acids is 1. The normalized spacial score (nSPS) is 14.6. The molecule has 2 rings (SSSR count). The standard InChI is InChI=1S/C24H30N2O6S2/c1-15(2)13-20(23(28)29)26(22(27)21(33)16(3)18-7-5-4-6-8-18)24(30)25-19-11-9-17(10-12-19)14-34(31)32/h4-12,15-16,20-21,33H,13-14H2,1-3H3,(H,25,30)(H,28,29)(H,31,32)/p-1/t16?,20-,21?/m0/s1. The molecule has 8 nitrogen and oxygen atoms in total. The maximum absolute atomic E-state index is 13.4. The van der Waals surface area contributed by atoms with Crippen molar-refractivity contribution in [1.82, 2.24) is 4.90 Å². The smallest absolute Gasteiger partial charge is 0.329 e. The highest BCUT2D eigenvalue weighted by atomic mass is 32.2. The zero-order chi connectivity index (χ0) is 25.4. The van der Waals surface area contributed by atoms with Crippen molar-refractivity contribution in [2.24, 2.45) is 5.92 Å². The molecule has 3 amide bonds. The molecule has 0 saturated heterocycles. The number of carboxylic acids is 1. The Morgan fingerprint density at radius 2 is 1.65 bits per heavy atom. The summed E-state index contributed by atoms with van der Waals surface area (Å²) >= 11 is 2.21. The summed E-state index contributed by atoms with van der Waals surface area (Å²) in [5.41, 5.74) is 1.65. The quantitative estimate of drug-likeness (QED) is 0.331. The van der Waals surface area contributed by atoms with Crippen LogP contribution in [0.1, 0.15) is 44.2 Å². The Kier molecular flexibility index (Phi) is 10.3. The lowest BCUT2D eigenvalue weighted by molar-refractivity contribution is -0.148. The molecule has 0 bridgehead atoms. The van der Waals surface area contributed by atoms with Crippen LogP contribution >= 0.6 is 12.6 Å². The molecule has 0 radical (unpaired) electrons. The molecule has 0 aliphatic carbocycles. The number of hydrogen-bond donors (Lipinski definition) is 3. The highest BCUT2D eigenvalue weighted by Gasteiger charge is 2.39. The van der Waals surface area contributed by atoms with Crippen LogP contribution in [-0.4, -0.2) is 48.0 Å². The minimum absolute atomic E-state index is 0.0724. The fourth-order valence-corrected chi connectivity index (χ4v) is 4.22. The van der Waals surface area contributed by atoms with E-state index >= 15 is 0 Å². The van der Waals surface area contributed by atoms with Crippen molar-refractivity contribution >= 4 is 47.3 Å². The van der Waals surface area contributed by atoms with Gasteiger partial charge in [0.15, 0.2) is 0 Å². The Morgan fingerprint density at radius 1 is 1.06 bits per heavy atom. The lowest BCUT2D eigenvalue weighted by Gasteiger charge is -2.32. The maximum atomic E-state index is 13.4. The molecule has 0 heterocycles. The largest absolute Gasteiger partial charge is 0.772 e. The lowest BCUT2D eigenvalue weighted by atomic mass is 9.95. The van der Waals surface area contributed by atoms with Crippen LogP contribution in [-0.2, 0) is 26.4 Å². The minimum Gasteiger partial charge on any atom is -0.772 e. The third-order valence-corrected chi connectivity index (χ3v) is 6.53. The molecule has 0 spiro atoms. The van der Waals surface area contributed by atoms with Gasteiger partial charge in [-0.2, -0.15) is 12.6 Å². The van der Waals surface area contributed by atoms with Crippen LogP contribution in [0.3, 0.4) is 0 Å². The predicted molar refractivity (Wildman–Crippen MR) is 133 cm³/mol. The fourth-order valence-electron chi connectivity index (χ4n) is 3.46. The van der Waals surface area contributed by atoms with Gasteiger partial charge in [0.25, 0.3) is 0 Å². The molecule has 2 N–H and O–H groups in total. The number of carboxylic acid groups (broad SMARTS) is 1. The number of thiol groups is 1. The van der Waals surface area contributed by atoms with Crippen molar-refractivity contribution < 1.29 is 28.3 Å². The predicted octanol–water partition coefficient (Wildman–Crippen LogP) is 4.03. The molecule has 0 aromatic heterocycles. The third kappa shape index (κ3) is 7.68. The van der Waals surface area contributed by atoms with Gasteiger partial charge in [0, 0.05) is 17.4 Å². The first kappa shape index (κ1) is 27.6. The number of benzene rings is 2. The number of urea groups is 1. The molecule has 2 aromatic rings. The number of amides is 3. The Balaban J connectivity index is 2.34. The average molecular weight is 506 g/mol. The van der Waals surface area contributed by atoms with Crippen molar-refractivity contribution in [2.45, 2.75) is 50.2 Å². The summed E-state index contributed by atoms with van der Waals surface area (Å²) in [6, 6.07) is 12.9. The van der Waals surface area contributed by atoms with Crippen LogP contribution in [0.15, 0.2) is 54.6 Å². The van der Waals surface area contributed by atoms with Gasteiger partial charge in [-0.05, 0) is 35.6 Å². The number of imide groups is 1. The fraction of sp³-hybridized carbons (Fsp3) is 0.375. The maximum Gasteiger partial charge on any atom is 0.329 e. The van der Waals surface area contributed by atoms with Crippen molar-refractivity contribution in [3.63, 3.8) is 0 Å². The van der Waals surface area contributed by atoms with Gasteiger partial charge in [0.1, 0.15) is 6.04 Å². The zero-order valence-corrected chi connectivity index (χ0v) is 20.9. The monoisotopic (exact) mass is 505 g/mol. The van der Waals surface area contributed by atoms with Gasteiger partial charge < -0.3 is 15.0 Å². The Hall–Kier alpha value is -2.69. The van der Waals surface area contributed by atoms with E-state index in [1.807, 2.05) is 30.3 Å². The highest BCUT2D eigenvalue weighted by Crippen LogP contribution is 2.27. The van der Waals surface area contributed by atoms with Crippen molar-refractivity contribution in [3.05, 3.63) is 65.7 Å². The van der Waals surface area contributed by atoms with Gasteiger partial charge in [0.05, 0.1) is 5.25 Å². The summed E-state index contributed by atoms with van der Waals surface area (Å²) in [6.07, 6.45) is 0.0724. The van der Waals surface area contributed by atoms with Crippen LogP contribution in [0.25, 0.3) is 0 Å². The molecular weight excluding hydrogens is 476 g/mol. The van der Waals surface area contributed by atoms with Crippen LogP contribution < -0.4 is 5.32 Å². The van der Waals surface area contributed by atoms with E-state index in [1.54, 1.807) is 20.8 Å². The van der Waals surface area contributed by atoms with Crippen molar-refractivity contribution in [2.75, 3.05) is 5.32 Å². The Morgan fingerprint density at radius 3 is 2.15 bits per heavy atom. The molecule has 0 aliphatic rings. The van der Waals surface area contributed by atoms with E-state index in [9.17, 15) is 28.3 Å². The van der Waals surface area contributed by atoms with E-state index < -0.39 is 40.3 Å². The summed E-state index contributed by atoms with van der Waals surface area (Å²) < 4.78 is 21.7. The average Bonchev–Trinajstić information content (AvgIpc) is 2.78. The van der Waals surface area contributed by atoms with Gasteiger partial charge in [-0.15, -0.1) is 0 Å². The van der Waals surface area contributed by atoms with Gasteiger partial charge in [-0.1, -0.05) is 74.3 Å². The van der Waals surface area contributed by atoms with E-state index in [1.165, 1.54) is 24.3 Å². The first-order chi connectivity index (χ1) is 16.0. The molecule has 34 heavy (non-hydrogen) atoms. The number of carbonyl (C=O) groups is 3. The number of nitrogens with zero attached hydrogens (tertiary/aromatic N) is 1. The second-order valence-electron chi connectivity index (χ2n) is 8.41. The second kappa shape index (κ2) is 12.7. The zero-order valence-electron chi connectivity index (χ0n) is 19.2. The molecule has 3 unspecified atom stereocenters. The summed E-state index contributed by atoms with van der Waals surface area (Å²) in [7, 11) is 0. The number of nitrogens with one attached hydrogen (secondary N) is 1. The van der Waals surface area contributed by atoms with E-state index in [0.717, 1.165) is 10.5 Å². The second-order valence-corrected chi connectivity index (χ2v) is 9.86. The summed E-state index contributed by atoms with van der Waals surface area (Å²) in [5.74, 6) is -2.66. The summed E-state index contributed by atoms with van der Waals surface area (Å²) in [4.78, 5) is 39.5. The van der Waals surface area contributed by atoms with E-state index in [2.05, 4.69) is 17.9 Å². The van der Waals surface area contributed by atoms with E-state index in [-0.39, 0.29) is 24.0 Å². The van der Waals surface area contributed by atoms with Gasteiger partial charge in [-0.25, -0.2) is 14.5 Å². The minimum atomic E-state index is -2.25. The summed E-state index contributed by atoms with van der Waals surface area (Å²) in [5, 5.41) is 11.5. The number of carbonyl (C=O) groups excluding carboxylic acids is 2. The molecule has 4 atom stereocenters. The van der Waals surface area contributed by atoms with E-state index in [0.29, 0.717) is 11.3 Å². The molecule has 0 fully saturated rings. The molecule has 2 aromatic carbocycles. The van der Waals surface area contributed by atoms with Crippen molar-refractivity contribution in [1.29, 1.82) is 0 Å². The lowest BCUT2D eigenvalue weighted by Crippen LogP contribution is -2.54. The molecule has 0 saturated carbocycles. The Bertz CT molecular complexity index is 1010. The van der Waals surface area contributed by atoms with Crippen LogP contribution in [0, 0.1) is 5.92 Å². The first-order valence-corrected chi connectivity index (χ1v) is 12.5. The SMILES string of the molecule is CC(C)C[C@@H](C(=O)O)N(C(=O)Nc1ccc(CS(=O)[O-])cc1)C(=O)C(S)C(C)c1ccccc1. The third-order valence-electron chi connectivity index (χ3n) is 5.29. The summed E-state index contributed by atoms with van der Waals surface area (Å²) in [6.45, 7) is 5.40.